The van der Waals surface area contributed by atoms with Crippen LogP contribution in [0, 0.1) is 5.92 Å². The Morgan fingerprint density at radius 1 is 1.56 bits per heavy atom. The van der Waals surface area contributed by atoms with Crippen molar-refractivity contribution >= 4 is 37.7 Å². The summed E-state index contributed by atoms with van der Waals surface area (Å²) in [5.74, 6) is -1.32. The lowest BCUT2D eigenvalue weighted by molar-refractivity contribution is -0.117. The molecule has 1 fully saturated rings. The van der Waals surface area contributed by atoms with Gasteiger partial charge in [0.25, 0.3) is 0 Å². The van der Waals surface area contributed by atoms with Crippen molar-refractivity contribution in [1.82, 2.24) is 4.98 Å². The van der Waals surface area contributed by atoms with Crippen LogP contribution in [0.3, 0.4) is 0 Å². The summed E-state index contributed by atoms with van der Waals surface area (Å²) in [7, 11) is -4.55. The Labute approximate surface area is 112 Å². The molecule has 0 spiro atoms. The van der Waals surface area contributed by atoms with Crippen LogP contribution in [0.4, 0.5) is 9.57 Å². The van der Waals surface area contributed by atoms with Gasteiger partial charge in [-0.1, -0.05) is 0 Å². The lowest BCUT2D eigenvalue weighted by atomic mass is 10.1. The lowest BCUT2D eigenvalue weighted by Crippen LogP contribution is -2.25. The number of rotatable bonds is 3. The van der Waals surface area contributed by atoms with E-state index in [0.29, 0.717) is 10.3 Å². The first-order chi connectivity index (χ1) is 8.35. The molecule has 1 aromatic heterocycles. The molecule has 0 aromatic carbocycles. The zero-order valence-corrected chi connectivity index (χ0v) is 11.6. The molecule has 0 saturated carbocycles. The monoisotopic (exact) mass is 336 g/mol. The van der Waals surface area contributed by atoms with Crippen molar-refractivity contribution in [3.8, 4) is 0 Å². The van der Waals surface area contributed by atoms with Crippen LogP contribution >= 0.6 is 15.9 Å². The van der Waals surface area contributed by atoms with Crippen LogP contribution in [0.5, 0.6) is 0 Å². The van der Waals surface area contributed by atoms with Gasteiger partial charge in [-0.2, -0.15) is 8.42 Å². The van der Waals surface area contributed by atoms with E-state index in [2.05, 4.69) is 20.9 Å². The van der Waals surface area contributed by atoms with Crippen LogP contribution in [-0.2, 0) is 15.0 Å². The van der Waals surface area contributed by atoms with Crippen molar-refractivity contribution in [2.24, 2.45) is 5.92 Å². The average molecular weight is 337 g/mol. The number of hydrogen-bond acceptors (Lipinski definition) is 4. The van der Waals surface area contributed by atoms with Gasteiger partial charge in [-0.25, -0.2) is 4.98 Å². The Morgan fingerprint density at radius 2 is 2.28 bits per heavy atom. The van der Waals surface area contributed by atoms with Crippen LogP contribution in [0.1, 0.15) is 6.42 Å². The van der Waals surface area contributed by atoms with Gasteiger partial charge in [0, 0.05) is 30.8 Å². The molecule has 1 amide bonds. The number of carbonyl (C=O) groups is 1. The molecular formula is C10H10BrFN2O3S. The number of halogens is 2. The van der Waals surface area contributed by atoms with Crippen LogP contribution in [-0.4, -0.2) is 31.6 Å². The molecule has 98 valence electrons. The van der Waals surface area contributed by atoms with Crippen molar-refractivity contribution in [2.45, 2.75) is 6.42 Å². The van der Waals surface area contributed by atoms with E-state index in [4.69, 9.17) is 0 Å². The van der Waals surface area contributed by atoms with E-state index in [1.807, 2.05) is 0 Å². The first kappa shape index (κ1) is 13.4. The largest absolute Gasteiger partial charge is 0.312 e. The Hall–Kier alpha value is -1.02. The summed E-state index contributed by atoms with van der Waals surface area (Å²) in [5, 5.41) is 0. The van der Waals surface area contributed by atoms with Gasteiger partial charge in [0.1, 0.15) is 4.60 Å². The molecule has 1 aromatic rings. The number of amides is 1. The molecule has 2 rings (SSSR count). The summed E-state index contributed by atoms with van der Waals surface area (Å²) in [6.07, 6.45) is 1.58. The smallest absolute Gasteiger partial charge is 0.302 e. The van der Waals surface area contributed by atoms with E-state index in [1.54, 1.807) is 12.1 Å². The number of anilines is 1. The fourth-order valence-corrected chi connectivity index (χ4v) is 3.12. The highest BCUT2D eigenvalue weighted by atomic mass is 79.9. The number of carbonyl (C=O) groups excluding carboxylic acids is 1. The van der Waals surface area contributed by atoms with Crippen LogP contribution in [0.2, 0.25) is 0 Å². The molecule has 0 N–H and O–H groups in total. The summed E-state index contributed by atoms with van der Waals surface area (Å²) in [4.78, 5) is 17.1. The molecule has 0 bridgehead atoms. The van der Waals surface area contributed by atoms with E-state index in [-0.39, 0.29) is 18.9 Å². The summed E-state index contributed by atoms with van der Waals surface area (Å²) in [5.41, 5.74) is 0.626. The third kappa shape index (κ3) is 3.26. The lowest BCUT2D eigenvalue weighted by Gasteiger charge is -2.16. The Kier molecular flexibility index (Phi) is 3.67. The molecule has 1 aliphatic heterocycles. The van der Waals surface area contributed by atoms with Gasteiger partial charge < -0.3 is 4.90 Å². The minimum absolute atomic E-state index is 0.0447. The van der Waals surface area contributed by atoms with Crippen molar-refractivity contribution in [1.29, 1.82) is 0 Å². The molecule has 5 nitrogen and oxygen atoms in total. The van der Waals surface area contributed by atoms with Gasteiger partial charge in [0.05, 0.1) is 5.75 Å². The van der Waals surface area contributed by atoms with Crippen LogP contribution in [0.15, 0.2) is 22.9 Å². The van der Waals surface area contributed by atoms with Gasteiger partial charge in [0.2, 0.25) is 5.91 Å². The minimum Gasteiger partial charge on any atom is -0.312 e. The molecule has 18 heavy (non-hydrogen) atoms. The van der Waals surface area contributed by atoms with Gasteiger partial charge in [-0.05, 0) is 28.1 Å². The number of pyridine rings is 1. The van der Waals surface area contributed by atoms with Gasteiger partial charge in [-0.15, -0.1) is 3.89 Å². The fourth-order valence-electron chi connectivity index (χ4n) is 1.98. The first-order valence-corrected chi connectivity index (χ1v) is 7.54. The fraction of sp³-hybridized carbons (Fsp3) is 0.400. The van der Waals surface area contributed by atoms with Gasteiger partial charge >= 0.3 is 10.2 Å². The summed E-state index contributed by atoms with van der Waals surface area (Å²) in [6, 6.07) is 3.30. The highest BCUT2D eigenvalue weighted by Gasteiger charge is 2.33. The second-order valence-corrected chi connectivity index (χ2v) is 6.34. The molecule has 0 radical (unpaired) electrons. The third-order valence-electron chi connectivity index (χ3n) is 2.66. The number of nitrogens with zero attached hydrogens (tertiary/aromatic N) is 2. The van der Waals surface area contributed by atoms with E-state index in [0.717, 1.165) is 0 Å². The second-order valence-electron chi connectivity index (χ2n) is 4.12. The first-order valence-electron chi connectivity index (χ1n) is 5.19. The molecule has 2 heterocycles. The highest BCUT2D eigenvalue weighted by Crippen LogP contribution is 2.27. The Morgan fingerprint density at radius 3 is 2.89 bits per heavy atom. The van der Waals surface area contributed by atoms with Crippen molar-refractivity contribution < 1.29 is 17.1 Å². The van der Waals surface area contributed by atoms with Crippen LogP contribution < -0.4 is 4.90 Å². The number of hydrogen-bond donors (Lipinski definition) is 0. The van der Waals surface area contributed by atoms with Crippen LogP contribution in [0.25, 0.3) is 0 Å². The average Bonchev–Trinajstić information content (AvgIpc) is 2.56. The summed E-state index contributed by atoms with van der Waals surface area (Å²) < 4.78 is 34.3. The molecule has 0 aliphatic carbocycles. The van der Waals surface area contributed by atoms with Crippen molar-refractivity contribution in [2.75, 3.05) is 17.2 Å². The van der Waals surface area contributed by atoms with Gasteiger partial charge in [0.15, 0.2) is 0 Å². The van der Waals surface area contributed by atoms with E-state index >= 15 is 0 Å². The maximum absolute atomic E-state index is 12.6. The SMILES string of the molecule is O=C1CC(CS(=O)(=O)F)CN1c1ccnc(Br)c1. The van der Waals surface area contributed by atoms with Gasteiger partial charge in [-0.3, -0.25) is 4.79 Å². The molecular weight excluding hydrogens is 327 g/mol. The zero-order chi connectivity index (χ0) is 13.3. The van der Waals surface area contributed by atoms with Crippen molar-refractivity contribution in [3.05, 3.63) is 22.9 Å². The maximum atomic E-state index is 12.6. The maximum Gasteiger partial charge on any atom is 0.302 e. The highest BCUT2D eigenvalue weighted by molar-refractivity contribution is 9.10. The molecule has 1 atom stereocenters. The number of aromatic nitrogens is 1. The quantitative estimate of drug-likeness (QED) is 0.619. The normalized spacial score (nSPS) is 20.4. The standard InChI is InChI=1S/C10H10BrFN2O3S/c11-9-4-8(1-2-13-9)14-5-7(3-10(14)15)6-18(12,16)17/h1-2,4,7H,3,5-6H2. The zero-order valence-electron chi connectivity index (χ0n) is 9.21. The topological polar surface area (TPSA) is 67.3 Å². The third-order valence-corrected chi connectivity index (χ3v) is 3.96. The predicted octanol–water partition coefficient (Wildman–Crippen LogP) is 1.50. The second kappa shape index (κ2) is 4.93. The van der Waals surface area contributed by atoms with Crippen molar-refractivity contribution in [3.63, 3.8) is 0 Å². The van der Waals surface area contributed by atoms with E-state index < -0.39 is 21.9 Å². The molecule has 8 heteroatoms. The minimum atomic E-state index is -4.55. The molecule has 1 aliphatic rings. The van der Waals surface area contributed by atoms with E-state index in [1.165, 1.54) is 11.1 Å². The Balaban J connectivity index is 2.15. The molecule has 1 saturated heterocycles. The Bertz CT molecular complexity index is 578. The molecule has 1 unspecified atom stereocenters. The van der Waals surface area contributed by atoms with E-state index in [9.17, 15) is 17.1 Å². The summed E-state index contributed by atoms with van der Waals surface area (Å²) in [6.45, 7) is 0.207. The predicted molar refractivity (Wildman–Crippen MR) is 67.3 cm³/mol. The summed E-state index contributed by atoms with van der Waals surface area (Å²) >= 11 is 3.19.